The molecule has 0 radical (unpaired) electrons. The van der Waals surface area contributed by atoms with E-state index in [0.29, 0.717) is 18.7 Å². The molecule has 0 saturated carbocycles. The molecule has 3 rings (SSSR count). The number of ether oxygens (including phenoxy) is 1. The highest BCUT2D eigenvalue weighted by molar-refractivity contribution is 5.97. The zero-order valence-corrected chi connectivity index (χ0v) is 13.4. The number of amides is 1. The SMILES string of the molecule is CC1CN(C(=O)c2cccc(C(=O)O)c2)C(c2ccccc2)CO1. The van der Waals surface area contributed by atoms with E-state index in [2.05, 4.69) is 0 Å². The average molecular weight is 325 g/mol. The van der Waals surface area contributed by atoms with Crippen LogP contribution in [0.1, 0.15) is 39.2 Å². The van der Waals surface area contributed by atoms with Gasteiger partial charge in [-0.2, -0.15) is 0 Å². The molecule has 1 heterocycles. The summed E-state index contributed by atoms with van der Waals surface area (Å²) in [6.45, 7) is 2.82. The third-order valence-electron chi connectivity index (χ3n) is 4.17. The Morgan fingerprint density at radius 2 is 1.79 bits per heavy atom. The van der Waals surface area contributed by atoms with Gasteiger partial charge in [0.2, 0.25) is 0 Å². The Morgan fingerprint density at radius 3 is 2.50 bits per heavy atom. The monoisotopic (exact) mass is 325 g/mol. The van der Waals surface area contributed by atoms with Gasteiger partial charge >= 0.3 is 5.97 Å². The maximum Gasteiger partial charge on any atom is 0.335 e. The Kier molecular flexibility index (Phi) is 4.62. The van der Waals surface area contributed by atoms with Gasteiger partial charge < -0.3 is 14.7 Å². The Bertz CT molecular complexity index is 744. The van der Waals surface area contributed by atoms with Crippen LogP contribution in [-0.4, -0.2) is 41.1 Å². The van der Waals surface area contributed by atoms with Crippen molar-refractivity contribution >= 4 is 11.9 Å². The second-order valence-electron chi connectivity index (χ2n) is 5.91. The van der Waals surface area contributed by atoms with Crippen LogP contribution >= 0.6 is 0 Å². The van der Waals surface area contributed by atoms with Gasteiger partial charge in [0.15, 0.2) is 0 Å². The van der Waals surface area contributed by atoms with Gasteiger partial charge in [0, 0.05) is 12.1 Å². The summed E-state index contributed by atoms with van der Waals surface area (Å²) in [6, 6.07) is 15.7. The third-order valence-corrected chi connectivity index (χ3v) is 4.17. The van der Waals surface area contributed by atoms with Crippen molar-refractivity contribution in [1.29, 1.82) is 0 Å². The summed E-state index contributed by atoms with van der Waals surface area (Å²) in [6.07, 6.45) is -0.0587. The Balaban J connectivity index is 1.92. The predicted octanol–water partition coefficient (Wildman–Crippen LogP) is 2.99. The maximum atomic E-state index is 13.0. The summed E-state index contributed by atoms with van der Waals surface area (Å²) < 4.78 is 5.74. The summed E-state index contributed by atoms with van der Waals surface area (Å²) in [5.41, 5.74) is 1.50. The first-order valence-corrected chi connectivity index (χ1v) is 7.87. The summed E-state index contributed by atoms with van der Waals surface area (Å²) >= 11 is 0. The van der Waals surface area contributed by atoms with E-state index in [-0.39, 0.29) is 23.6 Å². The van der Waals surface area contributed by atoms with Crippen LogP contribution < -0.4 is 0 Å². The average Bonchev–Trinajstić information content (AvgIpc) is 2.62. The predicted molar refractivity (Wildman–Crippen MR) is 89.0 cm³/mol. The van der Waals surface area contributed by atoms with Gasteiger partial charge in [-0.25, -0.2) is 4.79 Å². The standard InChI is InChI=1S/C19H19NO4/c1-13-11-20(17(12-24-13)14-6-3-2-4-7-14)18(21)15-8-5-9-16(10-15)19(22)23/h2-10,13,17H,11-12H2,1H3,(H,22,23). The molecule has 1 aliphatic rings. The van der Waals surface area contributed by atoms with Crippen molar-refractivity contribution in [2.24, 2.45) is 0 Å². The fourth-order valence-corrected chi connectivity index (χ4v) is 2.93. The van der Waals surface area contributed by atoms with Crippen molar-refractivity contribution in [3.63, 3.8) is 0 Å². The number of carbonyl (C=O) groups is 2. The van der Waals surface area contributed by atoms with Crippen molar-refractivity contribution in [3.05, 3.63) is 71.3 Å². The van der Waals surface area contributed by atoms with E-state index in [0.717, 1.165) is 5.56 Å². The largest absolute Gasteiger partial charge is 0.478 e. The summed E-state index contributed by atoms with van der Waals surface area (Å²) in [5.74, 6) is -1.22. The van der Waals surface area contributed by atoms with Gasteiger partial charge in [0.1, 0.15) is 0 Å². The lowest BCUT2D eigenvalue weighted by atomic mass is 10.0. The number of rotatable bonds is 3. The minimum Gasteiger partial charge on any atom is -0.478 e. The second kappa shape index (κ2) is 6.84. The number of carboxylic acid groups (broad SMARTS) is 1. The third kappa shape index (κ3) is 3.31. The van der Waals surface area contributed by atoms with E-state index < -0.39 is 5.97 Å². The number of benzene rings is 2. The second-order valence-corrected chi connectivity index (χ2v) is 5.91. The Hall–Kier alpha value is -2.66. The van der Waals surface area contributed by atoms with E-state index >= 15 is 0 Å². The molecule has 0 bridgehead atoms. The van der Waals surface area contributed by atoms with Gasteiger partial charge in [0.05, 0.1) is 24.3 Å². The van der Waals surface area contributed by atoms with Crippen LogP contribution in [0, 0.1) is 0 Å². The topological polar surface area (TPSA) is 66.8 Å². The van der Waals surface area contributed by atoms with E-state index in [1.54, 1.807) is 17.0 Å². The highest BCUT2D eigenvalue weighted by atomic mass is 16.5. The van der Waals surface area contributed by atoms with Crippen LogP contribution in [-0.2, 0) is 4.74 Å². The molecule has 1 amide bonds. The molecule has 2 unspecified atom stereocenters. The molecule has 124 valence electrons. The molecule has 1 fully saturated rings. The number of hydrogen-bond acceptors (Lipinski definition) is 3. The zero-order chi connectivity index (χ0) is 17.1. The lowest BCUT2D eigenvalue weighted by Gasteiger charge is -2.39. The molecule has 5 heteroatoms. The number of carbonyl (C=O) groups excluding carboxylic acids is 1. The highest BCUT2D eigenvalue weighted by Gasteiger charge is 2.32. The number of aromatic carboxylic acids is 1. The molecule has 2 atom stereocenters. The smallest absolute Gasteiger partial charge is 0.335 e. The van der Waals surface area contributed by atoms with Crippen LogP contribution in [0.15, 0.2) is 54.6 Å². The minimum absolute atomic E-state index is 0.0587. The molecule has 2 aromatic carbocycles. The van der Waals surface area contributed by atoms with Crippen LogP contribution in [0.2, 0.25) is 0 Å². The number of morpholine rings is 1. The highest BCUT2D eigenvalue weighted by Crippen LogP contribution is 2.28. The molecule has 1 saturated heterocycles. The quantitative estimate of drug-likeness (QED) is 0.942. The van der Waals surface area contributed by atoms with Gasteiger partial charge in [-0.05, 0) is 30.7 Å². The van der Waals surface area contributed by atoms with E-state index in [1.807, 2.05) is 37.3 Å². The van der Waals surface area contributed by atoms with Crippen molar-refractivity contribution in [3.8, 4) is 0 Å². The van der Waals surface area contributed by atoms with Crippen molar-refractivity contribution in [2.45, 2.75) is 19.1 Å². The van der Waals surface area contributed by atoms with Gasteiger partial charge in [-0.3, -0.25) is 4.79 Å². The van der Waals surface area contributed by atoms with Gasteiger partial charge in [0.25, 0.3) is 5.91 Å². The van der Waals surface area contributed by atoms with Crippen molar-refractivity contribution < 1.29 is 19.4 Å². The van der Waals surface area contributed by atoms with Crippen LogP contribution in [0.5, 0.6) is 0 Å². The normalized spacial score (nSPS) is 20.6. The molecular formula is C19H19NO4. The zero-order valence-electron chi connectivity index (χ0n) is 13.4. The van der Waals surface area contributed by atoms with E-state index in [4.69, 9.17) is 9.84 Å². The van der Waals surface area contributed by atoms with Gasteiger partial charge in [-0.1, -0.05) is 36.4 Å². The van der Waals surface area contributed by atoms with Gasteiger partial charge in [-0.15, -0.1) is 0 Å². The summed E-state index contributed by atoms with van der Waals surface area (Å²) in [4.78, 5) is 25.9. The molecular weight excluding hydrogens is 306 g/mol. The molecule has 1 aliphatic heterocycles. The van der Waals surface area contributed by atoms with Crippen LogP contribution in [0.3, 0.4) is 0 Å². The molecule has 0 aliphatic carbocycles. The first-order valence-electron chi connectivity index (χ1n) is 7.87. The van der Waals surface area contributed by atoms with Crippen LogP contribution in [0.25, 0.3) is 0 Å². The lowest BCUT2D eigenvalue weighted by Crippen LogP contribution is -2.46. The maximum absolute atomic E-state index is 13.0. The Morgan fingerprint density at radius 1 is 1.08 bits per heavy atom. The van der Waals surface area contributed by atoms with E-state index in [1.165, 1.54) is 12.1 Å². The molecule has 0 aromatic heterocycles. The molecule has 1 N–H and O–H groups in total. The number of nitrogens with zero attached hydrogens (tertiary/aromatic N) is 1. The van der Waals surface area contributed by atoms with Crippen molar-refractivity contribution in [2.75, 3.05) is 13.2 Å². The fraction of sp³-hybridized carbons (Fsp3) is 0.263. The first kappa shape index (κ1) is 16.2. The molecule has 24 heavy (non-hydrogen) atoms. The molecule has 5 nitrogen and oxygen atoms in total. The number of carboxylic acids is 1. The van der Waals surface area contributed by atoms with Crippen molar-refractivity contribution in [1.82, 2.24) is 4.90 Å². The fourth-order valence-electron chi connectivity index (χ4n) is 2.93. The van der Waals surface area contributed by atoms with E-state index in [9.17, 15) is 9.59 Å². The van der Waals surface area contributed by atoms with Crippen LogP contribution in [0.4, 0.5) is 0 Å². The first-order chi connectivity index (χ1) is 11.6. The lowest BCUT2D eigenvalue weighted by molar-refractivity contribution is -0.0447. The summed E-state index contributed by atoms with van der Waals surface area (Å²) in [7, 11) is 0. The number of hydrogen-bond donors (Lipinski definition) is 1. The molecule has 0 spiro atoms. The minimum atomic E-state index is -1.04. The summed E-state index contributed by atoms with van der Waals surface area (Å²) in [5, 5.41) is 9.13. The molecule has 2 aromatic rings. The Labute approximate surface area is 140 Å².